The van der Waals surface area contributed by atoms with Gasteiger partial charge in [0.1, 0.15) is 11.9 Å². The molecule has 0 unspecified atom stereocenters. The molecule has 1 N–H and O–H groups in total. The quantitative estimate of drug-likeness (QED) is 0.609. The summed E-state index contributed by atoms with van der Waals surface area (Å²) in [4.78, 5) is 31.9. The van der Waals surface area contributed by atoms with Gasteiger partial charge in [-0.2, -0.15) is 4.98 Å². The van der Waals surface area contributed by atoms with E-state index in [1.807, 2.05) is 18.2 Å². The highest BCUT2D eigenvalue weighted by molar-refractivity contribution is 6.30. The van der Waals surface area contributed by atoms with E-state index in [1.165, 1.54) is 12.4 Å². The van der Waals surface area contributed by atoms with Gasteiger partial charge in [0, 0.05) is 43.8 Å². The highest BCUT2D eigenvalue weighted by atomic mass is 35.5. The lowest BCUT2D eigenvalue weighted by atomic mass is 9.93. The zero-order chi connectivity index (χ0) is 22.6. The molecule has 1 aliphatic heterocycles. The molecule has 1 amide bonds. The molecule has 0 atom stereocenters. The number of morpholine rings is 1. The molecule has 0 radical (unpaired) electrons. The summed E-state index contributed by atoms with van der Waals surface area (Å²) in [6.07, 6.45) is 7.91. The lowest BCUT2D eigenvalue weighted by Crippen LogP contribution is -2.40. The fourth-order valence-corrected chi connectivity index (χ4v) is 4.34. The number of hydrogen-bond donors (Lipinski definition) is 1. The zero-order valence-electron chi connectivity index (χ0n) is 18.1. The molecule has 4 heterocycles. The molecule has 3 aromatic rings. The number of nitrogens with one attached hydrogen (secondary N) is 1. The van der Waals surface area contributed by atoms with Crippen molar-refractivity contribution in [3.63, 3.8) is 0 Å². The number of anilines is 1. The summed E-state index contributed by atoms with van der Waals surface area (Å²) < 4.78 is 11.9. The van der Waals surface area contributed by atoms with Crippen LogP contribution in [0.15, 0.2) is 36.8 Å². The van der Waals surface area contributed by atoms with Crippen molar-refractivity contribution in [2.45, 2.75) is 37.8 Å². The number of carbonyl (C=O) groups is 1. The van der Waals surface area contributed by atoms with Gasteiger partial charge in [-0.15, -0.1) is 0 Å². The van der Waals surface area contributed by atoms with Gasteiger partial charge in [-0.25, -0.2) is 9.97 Å². The van der Waals surface area contributed by atoms with Gasteiger partial charge in [0.15, 0.2) is 0 Å². The van der Waals surface area contributed by atoms with Crippen molar-refractivity contribution < 1.29 is 14.3 Å². The summed E-state index contributed by atoms with van der Waals surface area (Å²) in [6, 6.07) is 5.96. The highest BCUT2D eigenvalue weighted by Crippen LogP contribution is 2.31. The van der Waals surface area contributed by atoms with Crippen LogP contribution in [0.5, 0.6) is 5.88 Å². The summed E-state index contributed by atoms with van der Waals surface area (Å²) in [5.41, 5.74) is 0.868. The first kappa shape index (κ1) is 21.8. The number of rotatable bonds is 5. The molecule has 3 aromatic heterocycles. The molecule has 0 bridgehead atoms. The Kier molecular flexibility index (Phi) is 6.50. The van der Waals surface area contributed by atoms with Crippen LogP contribution in [0.25, 0.3) is 10.9 Å². The largest absolute Gasteiger partial charge is 0.474 e. The molecule has 0 aromatic carbocycles. The van der Waals surface area contributed by atoms with Crippen molar-refractivity contribution in [1.29, 1.82) is 0 Å². The van der Waals surface area contributed by atoms with Crippen LogP contribution in [0.4, 0.5) is 5.82 Å². The first-order valence-electron chi connectivity index (χ1n) is 11.2. The molecule has 2 fully saturated rings. The van der Waals surface area contributed by atoms with Crippen molar-refractivity contribution in [2.75, 3.05) is 31.2 Å². The lowest BCUT2D eigenvalue weighted by molar-refractivity contribution is 0.0881. The van der Waals surface area contributed by atoms with Crippen LogP contribution in [0, 0.1) is 0 Å². The molecule has 1 saturated heterocycles. The third-order valence-electron chi connectivity index (χ3n) is 6.00. The van der Waals surface area contributed by atoms with Crippen LogP contribution < -0.4 is 15.0 Å². The van der Waals surface area contributed by atoms with Gasteiger partial charge in [-0.05, 0) is 37.8 Å². The third-order valence-corrected chi connectivity index (χ3v) is 6.19. The number of hydrogen-bond acceptors (Lipinski definition) is 8. The number of fused-ring (bicyclic) bond motifs is 1. The molecule has 0 spiro atoms. The van der Waals surface area contributed by atoms with E-state index < -0.39 is 0 Å². The molecule has 9 nitrogen and oxygen atoms in total. The van der Waals surface area contributed by atoms with Gasteiger partial charge < -0.3 is 19.7 Å². The number of ether oxygens (including phenoxy) is 2. The van der Waals surface area contributed by atoms with Crippen LogP contribution in [0.1, 0.15) is 36.3 Å². The molecular weight excluding hydrogens is 444 g/mol. The van der Waals surface area contributed by atoms with Gasteiger partial charge in [-0.3, -0.25) is 9.78 Å². The van der Waals surface area contributed by atoms with Crippen molar-refractivity contribution >= 4 is 34.2 Å². The summed E-state index contributed by atoms with van der Waals surface area (Å²) in [5, 5.41) is 4.32. The third kappa shape index (κ3) is 5.15. The molecule has 33 heavy (non-hydrogen) atoms. The number of pyridine rings is 2. The van der Waals surface area contributed by atoms with E-state index in [-0.39, 0.29) is 23.9 Å². The van der Waals surface area contributed by atoms with Crippen LogP contribution in [-0.2, 0) is 4.74 Å². The lowest BCUT2D eigenvalue weighted by Gasteiger charge is -2.30. The second kappa shape index (κ2) is 9.84. The first-order valence-corrected chi connectivity index (χ1v) is 11.6. The Morgan fingerprint density at radius 1 is 1.12 bits per heavy atom. The molecule has 1 aliphatic carbocycles. The van der Waals surface area contributed by atoms with E-state index in [0.717, 1.165) is 55.5 Å². The molecule has 1 saturated carbocycles. The monoisotopic (exact) mass is 468 g/mol. The second-order valence-electron chi connectivity index (χ2n) is 8.24. The molecule has 172 valence electrons. The maximum absolute atomic E-state index is 12.4. The number of halogens is 1. The Bertz CT molecular complexity index is 1110. The fraction of sp³-hybridized carbons (Fsp3) is 0.435. The van der Waals surface area contributed by atoms with Crippen LogP contribution >= 0.6 is 11.6 Å². The maximum Gasteiger partial charge on any atom is 0.289 e. The molecule has 5 rings (SSSR count). The second-order valence-corrected chi connectivity index (χ2v) is 8.68. The van der Waals surface area contributed by atoms with Crippen molar-refractivity contribution in [1.82, 2.24) is 25.3 Å². The topological polar surface area (TPSA) is 102 Å². The predicted molar refractivity (Wildman–Crippen MR) is 124 cm³/mol. The van der Waals surface area contributed by atoms with Crippen molar-refractivity contribution in [2.24, 2.45) is 0 Å². The summed E-state index contributed by atoms with van der Waals surface area (Å²) in [6.45, 7) is 2.98. The van der Waals surface area contributed by atoms with E-state index in [0.29, 0.717) is 24.1 Å². The Hall–Kier alpha value is -3.04. The Morgan fingerprint density at radius 2 is 1.88 bits per heavy atom. The SMILES string of the molecule is O=C(NC1CCC(Oc2nc(N3CCOCC3)cc3ncccc23)CC1)c1ncc(Cl)cn1. The highest BCUT2D eigenvalue weighted by Gasteiger charge is 2.26. The Balaban J connectivity index is 1.24. The molecule has 10 heteroatoms. The Morgan fingerprint density at radius 3 is 2.64 bits per heavy atom. The van der Waals surface area contributed by atoms with Crippen LogP contribution in [0.3, 0.4) is 0 Å². The summed E-state index contributed by atoms with van der Waals surface area (Å²) in [5.74, 6) is 1.32. The smallest absolute Gasteiger partial charge is 0.289 e. The van der Waals surface area contributed by atoms with Crippen molar-refractivity contribution in [3.8, 4) is 5.88 Å². The zero-order valence-corrected chi connectivity index (χ0v) is 18.9. The van der Waals surface area contributed by atoms with E-state index in [4.69, 9.17) is 26.1 Å². The minimum atomic E-state index is -0.284. The van der Waals surface area contributed by atoms with E-state index in [2.05, 4.69) is 25.2 Å². The number of carbonyl (C=O) groups excluding carboxylic acids is 1. The van der Waals surface area contributed by atoms with Gasteiger partial charge in [0.25, 0.3) is 5.91 Å². The van der Waals surface area contributed by atoms with Crippen LogP contribution in [0.2, 0.25) is 5.02 Å². The van der Waals surface area contributed by atoms with Crippen LogP contribution in [-0.4, -0.2) is 64.3 Å². The average Bonchev–Trinajstić information content (AvgIpc) is 2.86. The van der Waals surface area contributed by atoms with Gasteiger partial charge in [0.2, 0.25) is 11.7 Å². The van der Waals surface area contributed by atoms with Gasteiger partial charge in [-0.1, -0.05) is 11.6 Å². The number of amides is 1. The summed E-state index contributed by atoms with van der Waals surface area (Å²) >= 11 is 5.79. The van der Waals surface area contributed by atoms with E-state index in [1.54, 1.807) is 6.20 Å². The standard InChI is InChI=1S/C23H25ClN6O3/c24-15-13-26-21(27-14-15)22(31)28-16-3-5-17(6-4-16)33-23-18-2-1-7-25-19(18)12-20(29-23)30-8-10-32-11-9-30/h1-2,7,12-14,16-17H,3-6,8-11H2,(H,28,31). The molecule has 2 aliphatic rings. The predicted octanol–water partition coefficient (Wildman–Crippen LogP) is 3.03. The van der Waals surface area contributed by atoms with Gasteiger partial charge >= 0.3 is 0 Å². The number of aromatic nitrogens is 4. The Labute approximate surface area is 196 Å². The minimum Gasteiger partial charge on any atom is -0.474 e. The van der Waals surface area contributed by atoms with Gasteiger partial charge in [0.05, 0.1) is 29.1 Å². The first-order chi connectivity index (χ1) is 16.2. The number of nitrogens with zero attached hydrogens (tertiary/aromatic N) is 5. The minimum absolute atomic E-state index is 0.0285. The van der Waals surface area contributed by atoms with E-state index in [9.17, 15) is 4.79 Å². The average molecular weight is 469 g/mol. The molecular formula is C23H25ClN6O3. The van der Waals surface area contributed by atoms with E-state index >= 15 is 0 Å². The fourth-order valence-electron chi connectivity index (χ4n) is 4.24. The normalized spacial score (nSPS) is 21.1. The van der Waals surface area contributed by atoms with Crippen molar-refractivity contribution in [3.05, 3.63) is 47.6 Å². The summed E-state index contributed by atoms with van der Waals surface area (Å²) in [7, 11) is 0. The maximum atomic E-state index is 12.4.